The van der Waals surface area contributed by atoms with Gasteiger partial charge in [-0.05, 0) is 19.1 Å². The molecule has 2 aromatic rings. The smallest absolute Gasteiger partial charge is 0.306 e. The lowest BCUT2D eigenvalue weighted by Crippen LogP contribution is -2.15. The maximum absolute atomic E-state index is 11.5. The Kier molecular flexibility index (Phi) is 4.61. The number of aromatic nitrogens is 1. The molecule has 1 heterocycles. The van der Waals surface area contributed by atoms with Crippen LogP contribution in [0.3, 0.4) is 0 Å². The number of rotatable bonds is 4. The third-order valence-electron chi connectivity index (χ3n) is 2.47. The van der Waals surface area contributed by atoms with Crippen molar-refractivity contribution in [2.45, 2.75) is 12.7 Å². The lowest BCUT2D eigenvalue weighted by molar-refractivity contribution is -0.142. The van der Waals surface area contributed by atoms with Gasteiger partial charge in [-0.25, -0.2) is 4.98 Å². The molecule has 0 aliphatic heterocycles. The average molecular weight is 292 g/mol. The first-order chi connectivity index (χ1) is 9.11. The van der Waals surface area contributed by atoms with E-state index in [1.54, 1.807) is 19.1 Å². The fraction of sp³-hybridized carbons (Fsp3) is 0.231. The molecule has 19 heavy (non-hydrogen) atoms. The Hall–Kier alpha value is -1.33. The summed E-state index contributed by atoms with van der Waals surface area (Å²) in [6.45, 7) is 2.05. The molecule has 2 rings (SSSR count). The number of carbonyl (C=O) groups excluding carboxylic acids is 1. The zero-order chi connectivity index (χ0) is 13.8. The number of hydrogen-bond acceptors (Lipinski definition) is 4. The predicted molar refractivity (Wildman–Crippen MR) is 77.7 cm³/mol. The average Bonchev–Trinajstić information content (AvgIpc) is 2.88. The molecule has 0 fully saturated rings. The molecule has 1 unspecified atom stereocenters. The molecule has 0 aliphatic rings. The van der Waals surface area contributed by atoms with Crippen LogP contribution in [0.2, 0.25) is 5.02 Å². The fourth-order valence-electron chi connectivity index (χ4n) is 1.52. The van der Waals surface area contributed by atoms with Gasteiger partial charge in [-0.1, -0.05) is 23.7 Å². The van der Waals surface area contributed by atoms with Crippen molar-refractivity contribution in [1.82, 2.24) is 4.98 Å². The van der Waals surface area contributed by atoms with Crippen molar-refractivity contribution in [1.29, 1.82) is 0 Å². The molecular formula is C13H11BClNO2S. The summed E-state index contributed by atoms with van der Waals surface area (Å²) in [7, 11) is 5.79. The number of benzene rings is 1. The van der Waals surface area contributed by atoms with Crippen LogP contribution in [0.4, 0.5) is 0 Å². The molecule has 0 aliphatic carbocycles. The van der Waals surface area contributed by atoms with Gasteiger partial charge in [0.2, 0.25) is 0 Å². The molecule has 0 spiro atoms. The Balaban J connectivity index is 2.19. The maximum atomic E-state index is 11.5. The minimum Gasteiger partial charge on any atom is -0.466 e. The van der Waals surface area contributed by atoms with E-state index in [1.807, 2.05) is 17.5 Å². The Morgan fingerprint density at radius 2 is 2.16 bits per heavy atom. The first kappa shape index (κ1) is 14.1. The Labute approximate surface area is 122 Å². The van der Waals surface area contributed by atoms with E-state index < -0.39 is 11.8 Å². The summed E-state index contributed by atoms with van der Waals surface area (Å²) in [5.41, 5.74) is 1.71. The van der Waals surface area contributed by atoms with Crippen molar-refractivity contribution in [3.63, 3.8) is 0 Å². The zero-order valence-corrected chi connectivity index (χ0v) is 11.9. The van der Waals surface area contributed by atoms with Gasteiger partial charge in [-0.15, -0.1) is 11.3 Å². The lowest BCUT2D eigenvalue weighted by atomic mass is 9.88. The zero-order valence-electron chi connectivity index (χ0n) is 10.3. The van der Waals surface area contributed by atoms with Gasteiger partial charge in [0.25, 0.3) is 0 Å². The van der Waals surface area contributed by atoms with E-state index in [9.17, 15) is 4.79 Å². The molecule has 96 valence electrons. The van der Waals surface area contributed by atoms with Crippen LogP contribution in [-0.4, -0.2) is 25.4 Å². The van der Waals surface area contributed by atoms with E-state index >= 15 is 0 Å². The van der Waals surface area contributed by atoms with Crippen molar-refractivity contribution < 1.29 is 9.53 Å². The molecular weight excluding hydrogens is 280 g/mol. The van der Waals surface area contributed by atoms with Crippen molar-refractivity contribution >= 4 is 36.8 Å². The third-order valence-corrected chi connectivity index (χ3v) is 3.65. The van der Waals surface area contributed by atoms with Crippen LogP contribution in [-0.2, 0) is 9.53 Å². The summed E-state index contributed by atoms with van der Waals surface area (Å²) in [4.78, 5) is 15.9. The summed E-state index contributed by atoms with van der Waals surface area (Å²) in [6, 6.07) is 7.33. The van der Waals surface area contributed by atoms with Crippen molar-refractivity contribution in [2.75, 3.05) is 6.61 Å². The number of thiazole rings is 1. The second-order valence-corrected chi connectivity index (χ2v) is 5.13. The first-order valence-electron chi connectivity index (χ1n) is 5.75. The summed E-state index contributed by atoms with van der Waals surface area (Å²) < 4.78 is 4.87. The van der Waals surface area contributed by atoms with Gasteiger partial charge in [0.1, 0.15) is 0 Å². The molecule has 0 N–H and O–H groups in total. The lowest BCUT2D eigenvalue weighted by Gasteiger charge is -2.07. The monoisotopic (exact) mass is 291 g/mol. The van der Waals surface area contributed by atoms with E-state index in [1.165, 1.54) is 11.3 Å². The van der Waals surface area contributed by atoms with Crippen LogP contribution in [0.5, 0.6) is 0 Å². The molecule has 1 aromatic carbocycles. The van der Waals surface area contributed by atoms with E-state index in [0.717, 1.165) is 11.3 Å². The van der Waals surface area contributed by atoms with E-state index in [2.05, 4.69) is 4.98 Å². The van der Waals surface area contributed by atoms with Gasteiger partial charge in [0.05, 0.1) is 31.0 Å². The number of esters is 1. The van der Waals surface area contributed by atoms with Crippen LogP contribution in [0, 0.1) is 0 Å². The van der Waals surface area contributed by atoms with E-state index in [-0.39, 0.29) is 0 Å². The highest BCUT2D eigenvalue weighted by atomic mass is 35.5. The Bertz CT molecular complexity index is 570. The molecule has 3 nitrogen and oxygen atoms in total. The summed E-state index contributed by atoms with van der Waals surface area (Å²) >= 11 is 7.17. The predicted octanol–water partition coefficient (Wildman–Crippen LogP) is 3.24. The molecule has 0 saturated carbocycles. The van der Waals surface area contributed by atoms with Crippen LogP contribution in [0.15, 0.2) is 29.6 Å². The topological polar surface area (TPSA) is 39.2 Å². The summed E-state index contributed by atoms with van der Waals surface area (Å²) in [5, 5.41) is 3.07. The highest BCUT2D eigenvalue weighted by molar-refractivity contribution is 7.10. The van der Waals surface area contributed by atoms with Crippen LogP contribution < -0.4 is 0 Å². The maximum Gasteiger partial charge on any atom is 0.306 e. The minimum absolute atomic E-state index is 0.307. The number of ether oxygens (including phenoxy) is 1. The van der Waals surface area contributed by atoms with Gasteiger partial charge in [-0.3, -0.25) is 4.79 Å². The van der Waals surface area contributed by atoms with Crippen molar-refractivity contribution in [3.05, 3.63) is 39.7 Å². The van der Waals surface area contributed by atoms with Gasteiger partial charge >= 0.3 is 5.97 Å². The quantitative estimate of drug-likeness (QED) is 0.641. The molecule has 6 heteroatoms. The van der Waals surface area contributed by atoms with Crippen molar-refractivity contribution in [3.8, 4) is 11.3 Å². The highest BCUT2D eigenvalue weighted by Gasteiger charge is 2.19. The number of hydrogen-bond donors (Lipinski definition) is 0. The Morgan fingerprint density at radius 1 is 1.47 bits per heavy atom. The van der Waals surface area contributed by atoms with Crippen LogP contribution in [0.25, 0.3) is 11.3 Å². The third kappa shape index (κ3) is 3.36. The van der Waals surface area contributed by atoms with Crippen LogP contribution in [0.1, 0.15) is 17.7 Å². The number of halogens is 1. The Morgan fingerprint density at radius 3 is 2.79 bits per heavy atom. The van der Waals surface area contributed by atoms with E-state index in [0.29, 0.717) is 16.6 Å². The minimum atomic E-state index is -0.828. The normalized spacial score (nSPS) is 12.1. The van der Waals surface area contributed by atoms with Gasteiger partial charge in [0.15, 0.2) is 0 Å². The first-order valence-corrected chi connectivity index (χ1v) is 7.01. The standard InChI is InChI=1S/C13H11BClNO2S/c1-2-18-13(17)11(14)12-16-10(7-19-12)8-3-5-9(15)6-4-8/h3-7,11H,2H2,1H3. The highest BCUT2D eigenvalue weighted by Crippen LogP contribution is 2.26. The van der Waals surface area contributed by atoms with Gasteiger partial charge in [-0.2, -0.15) is 0 Å². The summed E-state index contributed by atoms with van der Waals surface area (Å²) in [5.74, 6) is -1.29. The number of carbonyl (C=O) groups is 1. The SMILES string of the molecule is [B]C(C(=O)OCC)c1nc(-c2ccc(Cl)cc2)cs1. The fourth-order valence-corrected chi connectivity index (χ4v) is 2.46. The van der Waals surface area contributed by atoms with Gasteiger partial charge < -0.3 is 4.74 Å². The summed E-state index contributed by atoms with van der Waals surface area (Å²) in [6.07, 6.45) is 0. The second kappa shape index (κ2) is 6.22. The largest absolute Gasteiger partial charge is 0.466 e. The molecule has 0 bridgehead atoms. The molecule has 1 atom stereocenters. The molecule has 1 aromatic heterocycles. The molecule has 0 saturated heterocycles. The van der Waals surface area contributed by atoms with Crippen LogP contribution >= 0.6 is 22.9 Å². The van der Waals surface area contributed by atoms with E-state index in [4.69, 9.17) is 24.2 Å². The molecule has 2 radical (unpaired) electrons. The molecule has 0 amide bonds. The second-order valence-electron chi connectivity index (χ2n) is 3.81. The van der Waals surface area contributed by atoms with Gasteiger partial charge in [0, 0.05) is 16.0 Å². The van der Waals surface area contributed by atoms with Crippen molar-refractivity contribution in [2.24, 2.45) is 0 Å². The number of nitrogens with zero attached hydrogens (tertiary/aromatic N) is 1.